The van der Waals surface area contributed by atoms with Gasteiger partial charge in [-0.25, -0.2) is 4.98 Å². The van der Waals surface area contributed by atoms with Gasteiger partial charge in [-0.05, 0) is 49.7 Å². The highest BCUT2D eigenvalue weighted by molar-refractivity contribution is 5.95. The second-order valence-electron chi connectivity index (χ2n) is 6.66. The normalized spacial score (nSPS) is 17.6. The largest absolute Gasteiger partial charge is 0.316 e. The maximum atomic E-state index is 4.75. The monoisotopic (exact) mass is 345 g/mol. The highest BCUT2D eigenvalue weighted by Gasteiger charge is 2.19. The van der Waals surface area contributed by atoms with Crippen LogP contribution in [0.2, 0.25) is 0 Å². The summed E-state index contributed by atoms with van der Waals surface area (Å²) in [6.07, 6.45) is 5.88. The molecule has 1 saturated heterocycles. The number of benzene rings is 1. The van der Waals surface area contributed by atoms with Crippen molar-refractivity contribution in [1.29, 1.82) is 0 Å². The van der Waals surface area contributed by atoms with Crippen molar-refractivity contribution < 1.29 is 0 Å². The molecular formula is C19H19N7. The zero-order valence-electron chi connectivity index (χ0n) is 14.2. The predicted molar refractivity (Wildman–Crippen MR) is 99.5 cm³/mol. The van der Waals surface area contributed by atoms with E-state index in [0.29, 0.717) is 5.92 Å². The lowest BCUT2D eigenvalue weighted by Crippen LogP contribution is -2.28. The Bertz CT molecular complexity index is 1030. The number of hydrogen-bond donors (Lipinski definition) is 3. The van der Waals surface area contributed by atoms with E-state index in [1.54, 1.807) is 12.4 Å². The Hall–Kier alpha value is -3.06. The maximum Gasteiger partial charge on any atom is 0.181 e. The first-order valence-corrected chi connectivity index (χ1v) is 8.90. The van der Waals surface area contributed by atoms with E-state index < -0.39 is 0 Å². The molecule has 0 bridgehead atoms. The molecule has 1 aliphatic rings. The van der Waals surface area contributed by atoms with Gasteiger partial charge in [-0.1, -0.05) is 0 Å². The van der Waals surface area contributed by atoms with Crippen molar-refractivity contribution in [3.05, 3.63) is 48.5 Å². The molecule has 1 aromatic carbocycles. The third-order valence-corrected chi connectivity index (χ3v) is 4.96. The van der Waals surface area contributed by atoms with Gasteiger partial charge < -0.3 is 5.32 Å². The average molecular weight is 345 g/mol. The summed E-state index contributed by atoms with van der Waals surface area (Å²) in [5, 5.41) is 19.6. The van der Waals surface area contributed by atoms with Crippen LogP contribution < -0.4 is 5.32 Å². The molecule has 0 aliphatic carbocycles. The number of rotatable bonds is 3. The van der Waals surface area contributed by atoms with Crippen molar-refractivity contribution in [2.24, 2.45) is 0 Å². The fourth-order valence-electron chi connectivity index (χ4n) is 3.55. The van der Waals surface area contributed by atoms with Crippen LogP contribution in [0.3, 0.4) is 0 Å². The zero-order valence-corrected chi connectivity index (χ0v) is 14.2. The van der Waals surface area contributed by atoms with E-state index >= 15 is 0 Å². The molecule has 0 amide bonds. The molecular weight excluding hydrogens is 326 g/mol. The number of piperidine rings is 1. The van der Waals surface area contributed by atoms with Crippen molar-refractivity contribution in [2.75, 3.05) is 13.1 Å². The fraction of sp³-hybridized carbons (Fsp3) is 0.263. The van der Waals surface area contributed by atoms with Crippen LogP contribution in [0.1, 0.15) is 24.6 Å². The van der Waals surface area contributed by atoms with E-state index in [1.165, 1.54) is 6.42 Å². The van der Waals surface area contributed by atoms with E-state index in [4.69, 9.17) is 4.98 Å². The van der Waals surface area contributed by atoms with Crippen molar-refractivity contribution >= 4 is 10.9 Å². The molecule has 7 nitrogen and oxygen atoms in total. The first kappa shape index (κ1) is 15.2. The number of nitrogens with one attached hydrogen (secondary N) is 3. The summed E-state index contributed by atoms with van der Waals surface area (Å²) in [4.78, 5) is 8.83. The lowest BCUT2D eigenvalue weighted by molar-refractivity contribution is 0.447. The van der Waals surface area contributed by atoms with Crippen LogP contribution in [0.5, 0.6) is 0 Å². The van der Waals surface area contributed by atoms with E-state index in [2.05, 4.69) is 36.8 Å². The number of aromatic amines is 2. The predicted octanol–water partition coefficient (Wildman–Crippen LogP) is 2.88. The van der Waals surface area contributed by atoms with Crippen molar-refractivity contribution in [2.45, 2.75) is 18.8 Å². The molecule has 0 radical (unpaired) electrons. The molecule has 130 valence electrons. The van der Waals surface area contributed by atoms with Crippen LogP contribution in [0, 0.1) is 0 Å². The Morgan fingerprint density at radius 2 is 1.88 bits per heavy atom. The average Bonchev–Trinajstić information content (AvgIpc) is 3.36. The Kier molecular flexibility index (Phi) is 3.71. The molecule has 7 heteroatoms. The molecule has 3 N–H and O–H groups in total. The summed E-state index contributed by atoms with van der Waals surface area (Å²) in [6, 6.07) is 10.1. The van der Waals surface area contributed by atoms with Gasteiger partial charge in [0.2, 0.25) is 0 Å². The first-order valence-electron chi connectivity index (χ1n) is 8.90. The molecule has 3 aromatic heterocycles. The molecule has 1 unspecified atom stereocenters. The van der Waals surface area contributed by atoms with Gasteiger partial charge in [0, 0.05) is 41.4 Å². The Balaban J connectivity index is 1.53. The minimum Gasteiger partial charge on any atom is -0.316 e. The number of H-pyrrole nitrogens is 2. The summed E-state index contributed by atoms with van der Waals surface area (Å²) in [6.45, 7) is 2.05. The van der Waals surface area contributed by atoms with E-state index in [0.717, 1.165) is 58.9 Å². The number of aromatic nitrogens is 6. The number of pyridine rings is 1. The lowest BCUT2D eigenvalue weighted by atomic mass is 9.99. The van der Waals surface area contributed by atoms with Crippen LogP contribution in [-0.4, -0.2) is 43.5 Å². The zero-order chi connectivity index (χ0) is 17.3. The minimum absolute atomic E-state index is 0.412. The fourth-order valence-corrected chi connectivity index (χ4v) is 3.55. The summed E-state index contributed by atoms with van der Waals surface area (Å²) in [7, 11) is 0. The second-order valence-corrected chi connectivity index (χ2v) is 6.66. The lowest BCUT2D eigenvalue weighted by Gasteiger charge is -2.20. The molecule has 4 heterocycles. The summed E-state index contributed by atoms with van der Waals surface area (Å²) < 4.78 is 0. The van der Waals surface area contributed by atoms with Crippen molar-refractivity contribution in [3.63, 3.8) is 0 Å². The maximum absolute atomic E-state index is 4.75. The van der Waals surface area contributed by atoms with Crippen molar-refractivity contribution in [3.8, 4) is 22.6 Å². The summed E-state index contributed by atoms with van der Waals surface area (Å²) in [5.74, 6) is 2.11. The third kappa shape index (κ3) is 2.66. The Morgan fingerprint density at radius 3 is 2.73 bits per heavy atom. The van der Waals surface area contributed by atoms with E-state index in [9.17, 15) is 0 Å². The molecule has 0 saturated carbocycles. The molecule has 0 spiro atoms. The first-order chi connectivity index (χ1) is 12.9. The smallest absolute Gasteiger partial charge is 0.181 e. The highest BCUT2D eigenvalue weighted by atomic mass is 15.2. The molecule has 1 aliphatic heterocycles. The van der Waals surface area contributed by atoms with Crippen LogP contribution in [-0.2, 0) is 0 Å². The van der Waals surface area contributed by atoms with Gasteiger partial charge in [0.05, 0.1) is 5.52 Å². The Morgan fingerprint density at radius 1 is 0.962 bits per heavy atom. The number of nitrogens with zero attached hydrogens (tertiary/aromatic N) is 4. The number of fused-ring (bicyclic) bond motifs is 1. The number of hydrogen-bond acceptors (Lipinski definition) is 5. The quantitative estimate of drug-likeness (QED) is 0.531. The molecule has 4 aromatic rings. The summed E-state index contributed by atoms with van der Waals surface area (Å²) in [5.41, 5.74) is 3.93. The van der Waals surface area contributed by atoms with Gasteiger partial charge in [-0.2, -0.15) is 10.2 Å². The highest BCUT2D eigenvalue weighted by Crippen LogP contribution is 2.30. The van der Waals surface area contributed by atoms with Gasteiger partial charge >= 0.3 is 0 Å². The topological polar surface area (TPSA) is 95.2 Å². The molecule has 26 heavy (non-hydrogen) atoms. The molecule has 1 atom stereocenters. The third-order valence-electron chi connectivity index (χ3n) is 4.96. The van der Waals surface area contributed by atoms with Crippen LogP contribution in [0.4, 0.5) is 0 Å². The van der Waals surface area contributed by atoms with E-state index in [-0.39, 0.29) is 0 Å². The van der Waals surface area contributed by atoms with Gasteiger partial charge in [0.25, 0.3) is 0 Å². The van der Waals surface area contributed by atoms with Crippen molar-refractivity contribution in [1.82, 2.24) is 35.7 Å². The SMILES string of the molecule is c1cc(-c2n[nH]c3ccc(-c4n[nH]c(C5CCCNC5)n4)cc23)ccn1. The van der Waals surface area contributed by atoms with E-state index in [1.807, 2.05) is 24.3 Å². The van der Waals surface area contributed by atoms with Crippen LogP contribution in [0.25, 0.3) is 33.5 Å². The van der Waals surface area contributed by atoms with Crippen LogP contribution in [0.15, 0.2) is 42.7 Å². The standard InChI is InChI=1S/C19H19N7/c1-2-14(11-21-7-1)19-22-18(25-26-19)13-3-4-16-15(10-13)17(24-23-16)12-5-8-20-9-6-12/h3-6,8-10,14,21H,1-2,7,11H2,(H,23,24)(H,22,25,26). The molecule has 1 fully saturated rings. The second kappa shape index (κ2) is 6.34. The van der Waals surface area contributed by atoms with Gasteiger partial charge in [-0.15, -0.1) is 0 Å². The van der Waals surface area contributed by atoms with Gasteiger partial charge in [0.1, 0.15) is 11.5 Å². The molecule has 5 rings (SSSR count). The Labute approximate surface area is 150 Å². The van der Waals surface area contributed by atoms with Crippen LogP contribution >= 0.6 is 0 Å². The summed E-state index contributed by atoms with van der Waals surface area (Å²) >= 11 is 0. The van der Waals surface area contributed by atoms with Gasteiger partial charge in [-0.3, -0.25) is 15.2 Å². The minimum atomic E-state index is 0.412. The van der Waals surface area contributed by atoms with Gasteiger partial charge in [0.15, 0.2) is 5.82 Å².